The van der Waals surface area contributed by atoms with E-state index in [2.05, 4.69) is 15.2 Å². The number of nitrogens with zero attached hydrogens (tertiary/aromatic N) is 5. The zero-order valence-corrected chi connectivity index (χ0v) is 16.6. The number of benzene rings is 1. The molecule has 0 amide bonds. The average molecular weight is 397 g/mol. The smallest absolute Gasteiger partial charge is 0.281 e. The lowest BCUT2D eigenvalue weighted by Crippen LogP contribution is -2.22. The van der Waals surface area contributed by atoms with Crippen LogP contribution in [-0.2, 0) is 6.54 Å². The molecule has 1 N–H and O–H groups in total. The van der Waals surface area contributed by atoms with Crippen molar-refractivity contribution < 1.29 is 9.84 Å². The number of methoxy groups -OCH3 is 1. The molecule has 2 heterocycles. The third-order valence-electron chi connectivity index (χ3n) is 4.32. The molecule has 2 aromatic heterocycles. The van der Waals surface area contributed by atoms with Gasteiger partial charge in [0.2, 0.25) is 11.0 Å². The monoisotopic (exact) mass is 397 g/mol. The van der Waals surface area contributed by atoms with E-state index < -0.39 is 5.56 Å². The van der Waals surface area contributed by atoms with Gasteiger partial charge in [0, 0.05) is 12.1 Å². The number of nitriles is 1. The first kappa shape index (κ1) is 19.5. The first-order valence-electron chi connectivity index (χ1n) is 8.72. The number of pyridine rings is 1. The van der Waals surface area contributed by atoms with E-state index >= 15 is 0 Å². The van der Waals surface area contributed by atoms with Crippen LogP contribution in [0.5, 0.6) is 11.6 Å². The lowest BCUT2D eigenvalue weighted by molar-refractivity contribution is 0.399. The van der Waals surface area contributed by atoms with Crippen LogP contribution in [0.4, 0.5) is 10.8 Å². The van der Waals surface area contributed by atoms with Crippen LogP contribution in [0.3, 0.4) is 0 Å². The Morgan fingerprint density at radius 2 is 2.18 bits per heavy atom. The first-order chi connectivity index (χ1) is 13.5. The number of fused-ring (bicyclic) bond motifs is 1. The largest absolute Gasteiger partial charge is 0.497 e. The van der Waals surface area contributed by atoms with E-state index in [-0.39, 0.29) is 17.1 Å². The van der Waals surface area contributed by atoms with Gasteiger partial charge in [-0.15, -0.1) is 10.2 Å². The molecule has 0 atom stereocenters. The van der Waals surface area contributed by atoms with Crippen molar-refractivity contribution in [3.63, 3.8) is 0 Å². The minimum Gasteiger partial charge on any atom is -0.497 e. The summed E-state index contributed by atoms with van der Waals surface area (Å²) in [6.45, 7) is 3.85. The number of ether oxygens (including phenoxy) is 1. The van der Waals surface area contributed by atoms with Gasteiger partial charge in [-0.25, -0.2) is 4.98 Å². The second-order valence-electron chi connectivity index (χ2n) is 6.12. The molecule has 0 aliphatic carbocycles. The molecule has 0 unspecified atom stereocenters. The lowest BCUT2D eigenvalue weighted by atomic mass is 10.1. The van der Waals surface area contributed by atoms with Crippen LogP contribution in [0.1, 0.15) is 30.9 Å². The molecule has 3 rings (SSSR count). The van der Waals surface area contributed by atoms with Gasteiger partial charge in [0.25, 0.3) is 5.56 Å². The van der Waals surface area contributed by atoms with Crippen LogP contribution in [0.15, 0.2) is 33.2 Å². The van der Waals surface area contributed by atoms with Gasteiger partial charge in [-0.3, -0.25) is 9.36 Å². The third-order valence-corrected chi connectivity index (χ3v) is 5.23. The Bertz CT molecular complexity index is 1160. The summed E-state index contributed by atoms with van der Waals surface area (Å²) in [7, 11) is 1.59. The standard InChI is InChI=1S/C19H19N5O3S/c1-4-5-8-24-17(25)13(10-20)11(2)16(18(24)26)22-23-19-21-14-7-6-12(27-3)9-15(14)28-19/h6-7,9,25H,4-5,8H2,1-3H3. The van der Waals surface area contributed by atoms with Gasteiger partial charge in [0.05, 0.1) is 17.3 Å². The Morgan fingerprint density at radius 3 is 2.86 bits per heavy atom. The van der Waals surface area contributed by atoms with Crippen LogP contribution in [0.25, 0.3) is 10.2 Å². The fraction of sp³-hybridized carbons (Fsp3) is 0.316. The number of aromatic nitrogens is 2. The summed E-state index contributed by atoms with van der Waals surface area (Å²) in [6.07, 6.45) is 1.53. The molecular formula is C19H19N5O3S. The predicted octanol–water partition coefficient (Wildman–Crippen LogP) is 4.57. The van der Waals surface area contributed by atoms with Crippen molar-refractivity contribution >= 4 is 32.4 Å². The summed E-state index contributed by atoms with van der Waals surface area (Å²) in [6, 6.07) is 7.42. The number of azo groups is 1. The minimum atomic E-state index is -0.478. The molecule has 0 radical (unpaired) electrons. The quantitative estimate of drug-likeness (QED) is 0.612. The Hall–Kier alpha value is -3.25. The van der Waals surface area contributed by atoms with Gasteiger partial charge >= 0.3 is 0 Å². The summed E-state index contributed by atoms with van der Waals surface area (Å²) in [5.74, 6) is 0.385. The lowest BCUT2D eigenvalue weighted by Gasteiger charge is -2.12. The summed E-state index contributed by atoms with van der Waals surface area (Å²) in [5.41, 5.74) is 0.625. The minimum absolute atomic E-state index is 0.0266. The fourth-order valence-corrected chi connectivity index (χ4v) is 3.55. The van der Waals surface area contributed by atoms with Crippen molar-refractivity contribution in [3.05, 3.63) is 39.7 Å². The maximum absolute atomic E-state index is 12.8. The van der Waals surface area contributed by atoms with E-state index in [1.807, 2.05) is 25.1 Å². The number of hydrogen-bond donors (Lipinski definition) is 1. The number of thiazole rings is 1. The van der Waals surface area contributed by atoms with E-state index in [0.29, 0.717) is 29.4 Å². The van der Waals surface area contributed by atoms with E-state index in [0.717, 1.165) is 16.6 Å². The van der Waals surface area contributed by atoms with E-state index in [9.17, 15) is 15.2 Å². The molecule has 3 aromatic rings. The molecule has 9 heteroatoms. The van der Waals surface area contributed by atoms with E-state index in [1.165, 1.54) is 15.9 Å². The molecule has 0 saturated carbocycles. The van der Waals surface area contributed by atoms with E-state index in [4.69, 9.17) is 4.74 Å². The van der Waals surface area contributed by atoms with Crippen LogP contribution in [0, 0.1) is 18.3 Å². The number of hydrogen-bond acceptors (Lipinski definition) is 8. The van der Waals surface area contributed by atoms with Crippen molar-refractivity contribution in [2.45, 2.75) is 33.2 Å². The van der Waals surface area contributed by atoms with Crippen molar-refractivity contribution in [2.24, 2.45) is 10.2 Å². The molecule has 144 valence electrons. The van der Waals surface area contributed by atoms with Gasteiger partial charge in [-0.05, 0) is 31.5 Å². The summed E-state index contributed by atoms with van der Waals surface area (Å²) in [5, 5.41) is 28.2. The molecule has 0 spiro atoms. The number of rotatable bonds is 6. The van der Waals surface area contributed by atoms with Crippen molar-refractivity contribution in [3.8, 4) is 17.7 Å². The van der Waals surface area contributed by atoms with Gasteiger partial charge in [-0.1, -0.05) is 24.7 Å². The zero-order chi connectivity index (χ0) is 20.3. The fourth-order valence-electron chi connectivity index (χ4n) is 2.74. The molecule has 0 bridgehead atoms. The Kier molecular flexibility index (Phi) is 5.70. The average Bonchev–Trinajstić information content (AvgIpc) is 3.10. The van der Waals surface area contributed by atoms with Crippen LogP contribution < -0.4 is 10.3 Å². The normalized spacial score (nSPS) is 11.2. The highest BCUT2D eigenvalue weighted by Gasteiger charge is 2.19. The summed E-state index contributed by atoms with van der Waals surface area (Å²) < 4.78 is 7.26. The molecular weight excluding hydrogens is 378 g/mol. The van der Waals surface area contributed by atoms with Crippen molar-refractivity contribution in [1.82, 2.24) is 9.55 Å². The van der Waals surface area contributed by atoms with Gasteiger partial charge in [0.15, 0.2) is 5.69 Å². The van der Waals surface area contributed by atoms with Crippen LogP contribution in [0.2, 0.25) is 0 Å². The second kappa shape index (κ2) is 8.19. The Balaban J connectivity index is 2.06. The predicted molar refractivity (Wildman–Crippen MR) is 107 cm³/mol. The summed E-state index contributed by atoms with van der Waals surface area (Å²) in [4.78, 5) is 17.1. The number of aromatic hydroxyl groups is 1. The van der Waals surface area contributed by atoms with Crippen LogP contribution in [-0.4, -0.2) is 21.8 Å². The second-order valence-corrected chi connectivity index (χ2v) is 7.13. The third kappa shape index (κ3) is 3.59. The highest BCUT2D eigenvalue weighted by atomic mass is 32.1. The van der Waals surface area contributed by atoms with Gasteiger partial charge in [-0.2, -0.15) is 5.26 Å². The topological polar surface area (TPSA) is 113 Å². The van der Waals surface area contributed by atoms with Gasteiger partial charge < -0.3 is 9.84 Å². The van der Waals surface area contributed by atoms with Crippen molar-refractivity contribution in [1.29, 1.82) is 5.26 Å². The molecule has 0 fully saturated rings. The molecule has 0 aliphatic rings. The maximum Gasteiger partial charge on any atom is 0.281 e. The highest BCUT2D eigenvalue weighted by Crippen LogP contribution is 2.32. The number of unbranched alkanes of at least 4 members (excludes halogenated alkanes) is 1. The Labute approximate surface area is 165 Å². The Morgan fingerprint density at radius 1 is 1.39 bits per heavy atom. The summed E-state index contributed by atoms with van der Waals surface area (Å²) >= 11 is 1.31. The van der Waals surface area contributed by atoms with E-state index in [1.54, 1.807) is 20.1 Å². The van der Waals surface area contributed by atoms with Gasteiger partial charge in [0.1, 0.15) is 17.4 Å². The molecule has 8 nitrogen and oxygen atoms in total. The zero-order valence-electron chi connectivity index (χ0n) is 15.8. The SMILES string of the molecule is CCCCn1c(O)c(C#N)c(C)c(N=Nc2nc3ccc(OC)cc3s2)c1=O. The highest BCUT2D eigenvalue weighted by molar-refractivity contribution is 7.21. The molecule has 28 heavy (non-hydrogen) atoms. The van der Waals surface area contributed by atoms with Crippen molar-refractivity contribution in [2.75, 3.05) is 7.11 Å². The van der Waals surface area contributed by atoms with Crippen LogP contribution >= 0.6 is 11.3 Å². The maximum atomic E-state index is 12.8. The first-order valence-corrected chi connectivity index (χ1v) is 9.54. The molecule has 0 saturated heterocycles. The molecule has 1 aromatic carbocycles. The molecule has 0 aliphatic heterocycles.